The summed E-state index contributed by atoms with van der Waals surface area (Å²) in [5, 5.41) is 0. The molecule has 0 fully saturated rings. The van der Waals surface area contributed by atoms with Crippen molar-refractivity contribution < 1.29 is 14.2 Å². The average molecular weight is 198 g/mol. The fourth-order valence-corrected chi connectivity index (χ4v) is 0.932. The zero-order valence-corrected chi connectivity index (χ0v) is 8.31. The van der Waals surface area contributed by atoms with Gasteiger partial charge in [0, 0.05) is 6.54 Å². The molecule has 1 atom stereocenters. The fraction of sp³-hybridized carbons (Fsp3) is 0.750. The van der Waals surface area contributed by atoms with Gasteiger partial charge in [-0.15, -0.1) is 0 Å². The van der Waals surface area contributed by atoms with E-state index in [1.807, 2.05) is 0 Å². The van der Waals surface area contributed by atoms with Crippen molar-refractivity contribution >= 4 is 20.4 Å². The molecule has 0 spiro atoms. The molecule has 0 aliphatic carbocycles. The maximum atomic E-state index is 10.9. The van der Waals surface area contributed by atoms with Gasteiger partial charge in [0.05, 0.1) is 7.11 Å². The van der Waals surface area contributed by atoms with Crippen LogP contribution in [0.4, 0.5) is 0 Å². The van der Waals surface area contributed by atoms with Gasteiger partial charge in [0.1, 0.15) is 12.4 Å². The Bertz CT molecular complexity index is 187. The van der Waals surface area contributed by atoms with E-state index < -0.39 is 6.04 Å². The van der Waals surface area contributed by atoms with Crippen molar-refractivity contribution in [3.8, 4) is 0 Å². The fourth-order valence-electron chi connectivity index (χ4n) is 0.932. The monoisotopic (exact) mass is 198 g/mol. The summed E-state index contributed by atoms with van der Waals surface area (Å²) in [5.41, 5.74) is 5.51. The van der Waals surface area contributed by atoms with Crippen LogP contribution in [0.15, 0.2) is 4.99 Å². The molecule has 14 heavy (non-hydrogen) atoms. The third-order valence-electron chi connectivity index (χ3n) is 1.69. The Morgan fingerprint density at radius 1 is 1.64 bits per heavy atom. The second-order valence-electron chi connectivity index (χ2n) is 2.77. The molecule has 0 aliphatic rings. The molecule has 5 nitrogen and oxygen atoms in total. The van der Waals surface area contributed by atoms with Crippen molar-refractivity contribution in [2.24, 2.45) is 10.7 Å². The van der Waals surface area contributed by atoms with Gasteiger partial charge in [-0.1, -0.05) is 0 Å². The minimum atomic E-state index is -0.533. The van der Waals surface area contributed by atoms with Crippen molar-refractivity contribution in [3.05, 3.63) is 0 Å². The molecule has 6 heteroatoms. The molecule has 0 amide bonds. The number of rotatable bonds is 7. The minimum Gasteiger partial charge on any atom is -0.560 e. The zero-order valence-electron chi connectivity index (χ0n) is 8.31. The van der Waals surface area contributed by atoms with Crippen LogP contribution in [-0.2, 0) is 14.2 Å². The molecule has 0 saturated carbocycles. The van der Waals surface area contributed by atoms with E-state index in [2.05, 4.69) is 14.4 Å². The summed E-state index contributed by atoms with van der Waals surface area (Å²) < 4.78 is 8.61. The summed E-state index contributed by atoms with van der Waals surface area (Å²) in [6, 6.07) is -0.533. The topological polar surface area (TPSA) is 73.9 Å². The van der Waals surface area contributed by atoms with Gasteiger partial charge in [0.2, 0.25) is 0 Å². The Balaban J connectivity index is 3.36. The van der Waals surface area contributed by atoms with E-state index in [1.165, 1.54) is 13.5 Å². The van der Waals surface area contributed by atoms with Crippen LogP contribution in [0.25, 0.3) is 0 Å². The standard InChI is InChI=1S/C8H15BN2O3/c1-13-8(12)7(10)4-2-3-5-11-6-14-9/h6-7H,2-5,10H2,1H3/t7-/m1/s1. The molecular weight excluding hydrogens is 183 g/mol. The number of aliphatic imine (C=N–C) groups is 1. The Morgan fingerprint density at radius 2 is 2.36 bits per heavy atom. The Labute approximate surface area is 85.1 Å². The number of methoxy groups -OCH3 is 1. The first-order chi connectivity index (χ1) is 6.72. The van der Waals surface area contributed by atoms with Crippen molar-refractivity contribution in [3.63, 3.8) is 0 Å². The lowest BCUT2D eigenvalue weighted by Gasteiger charge is -2.07. The average Bonchev–Trinajstić information content (AvgIpc) is 2.21. The van der Waals surface area contributed by atoms with Crippen molar-refractivity contribution in [1.82, 2.24) is 0 Å². The van der Waals surface area contributed by atoms with E-state index in [0.717, 1.165) is 12.8 Å². The number of nitrogens with zero attached hydrogens (tertiary/aromatic N) is 1. The molecule has 0 saturated heterocycles. The maximum absolute atomic E-state index is 10.9. The molecule has 2 N–H and O–H groups in total. The number of hydrogen-bond acceptors (Lipinski definition) is 5. The predicted molar refractivity (Wildman–Crippen MR) is 54.0 cm³/mol. The second kappa shape index (κ2) is 8.56. The first kappa shape index (κ1) is 13.0. The molecule has 0 rings (SSSR count). The molecule has 0 unspecified atom stereocenters. The maximum Gasteiger partial charge on any atom is 0.375 e. The third kappa shape index (κ3) is 6.48. The van der Waals surface area contributed by atoms with Crippen LogP contribution in [0.3, 0.4) is 0 Å². The Morgan fingerprint density at radius 3 is 2.93 bits per heavy atom. The number of ether oxygens (including phenoxy) is 1. The van der Waals surface area contributed by atoms with E-state index >= 15 is 0 Å². The number of carbonyl (C=O) groups excluding carboxylic acids is 1. The van der Waals surface area contributed by atoms with E-state index in [9.17, 15) is 4.79 Å². The summed E-state index contributed by atoms with van der Waals surface area (Å²) in [5.74, 6) is -0.376. The first-order valence-electron chi connectivity index (χ1n) is 4.39. The molecule has 0 aliphatic heterocycles. The van der Waals surface area contributed by atoms with Crippen LogP contribution >= 0.6 is 0 Å². The van der Waals surface area contributed by atoms with Gasteiger partial charge in [-0.05, 0) is 19.3 Å². The lowest BCUT2D eigenvalue weighted by Crippen LogP contribution is -2.31. The summed E-state index contributed by atoms with van der Waals surface area (Å²) >= 11 is 0. The van der Waals surface area contributed by atoms with Crippen LogP contribution in [0.1, 0.15) is 19.3 Å². The SMILES string of the molecule is [B]OC=NCCCC[C@@H](N)C(=O)OC. The molecule has 0 aromatic carbocycles. The van der Waals surface area contributed by atoms with Gasteiger partial charge < -0.3 is 15.1 Å². The highest BCUT2D eigenvalue weighted by molar-refractivity contribution is 6.02. The largest absolute Gasteiger partial charge is 0.560 e. The van der Waals surface area contributed by atoms with E-state index in [1.54, 1.807) is 0 Å². The molecule has 0 heterocycles. The molecule has 0 aromatic rings. The van der Waals surface area contributed by atoms with E-state index in [4.69, 9.17) is 13.8 Å². The lowest BCUT2D eigenvalue weighted by molar-refractivity contribution is -0.142. The van der Waals surface area contributed by atoms with Gasteiger partial charge in [0.25, 0.3) is 0 Å². The highest BCUT2D eigenvalue weighted by atomic mass is 16.5. The Hall–Kier alpha value is -1.04. The van der Waals surface area contributed by atoms with Crippen molar-refractivity contribution in [2.45, 2.75) is 25.3 Å². The molecule has 0 bridgehead atoms. The third-order valence-corrected chi connectivity index (χ3v) is 1.69. The number of nitrogens with two attached hydrogens (primary N) is 1. The number of unbranched alkanes of at least 4 members (excludes halogenated alkanes) is 1. The van der Waals surface area contributed by atoms with E-state index in [0.29, 0.717) is 13.0 Å². The van der Waals surface area contributed by atoms with Crippen LogP contribution in [0.5, 0.6) is 0 Å². The van der Waals surface area contributed by atoms with Crippen LogP contribution < -0.4 is 5.73 Å². The summed E-state index contributed by atoms with van der Waals surface area (Å²) in [6.45, 7) is 0.616. The summed E-state index contributed by atoms with van der Waals surface area (Å²) in [6.07, 6.45) is 3.44. The number of esters is 1. The summed E-state index contributed by atoms with van der Waals surface area (Å²) in [7, 11) is 6.04. The predicted octanol–water partition coefficient (Wildman–Crippen LogP) is -0.215. The second-order valence-corrected chi connectivity index (χ2v) is 2.77. The van der Waals surface area contributed by atoms with Crippen molar-refractivity contribution in [2.75, 3.05) is 13.7 Å². The number of carbonyl (C=O) groups is 1. The Kier molecular flexibility index (Phi) is 7.93. The lowest BCUT2D eigenvalue weighted by atomic mass is 10.1. The first-order valence-corrected chi connectivity index (χ1v) is 4.39. The summed E-state index contributed by atoms with van der Waals surface area (Å²) in [4.78, 5) is 14.7. The molecule has 78 valence electrons. The van der Waals surface area contributed by atoms with Gasteiger partial charge in [-0.25, -0.2) is 0 Å². The van der Waals surface area contributed by atoms with Gasteiger partial charge in [0.15, 0.2) is 0 Å². The zero-order chi connectivity index (χ0) is 10.8. The number of hydrogen-bond donors (Lipinski definition) is 1. The van der Waals surface area contributed by atoms with Gasteiger partial charge in [-0.3, -0.25) is 9.79 Å². The van der Waals surface area contributed by atoms with Crippen LogP contribution in [0.2, 0.25) is 0 Å². The smallest absolute Gasteiger partial charge is 0.375 e. The van der Waals surface area contributed by atoms with Crippen LogP contribution in [0, 0.1) is 0 Å². The van der Waals surface area contributed by atoms with Crippen molar-refractivity contribution in [1.29, 1.82) is 0 Å². The molecule has 2 radical (unpaired) electrons. The van der Waals surface area contributed by atoms with E-state index in [-0.39, 0.29) is 5.97 Å². The normalized spacial score (nSPS) is 12.7. The van der Waals surface area contributed by atoms with Gasteiger partial charge in [-0.2, -0.15) is 0 Å². The minimum absolute atomic E-state index is 0.376. The van der Waals surface area contributed by atoms with Gasteiger partial charge >= 0.3 is 14.0 Å². The van der Waals surface area contributed by atoms with Crippen LogP contribution in [-0.4, -0.2) is 40.1 Å². The quantitative estimate of drug-likeness (QED) is 0.202. The molecular formula is C8H15BN2O3. The molecule has 0 aromatic heterocycles. The highest BCUT2D eigenvalue weighted by Gasteiger charge is 2.11. The highest BCUT2D eigenvalue weighted by Crippen LogP contribution is 2.00.